The summed E-state index contributed by atoms with van der Waals surface area (Å²) in [6, 6.07) is 9.96. The van der Waals surface area contributed by atoms with Crippen molar-refractivity contribution in [3.63, 3.8) is 0 Å². The Hall–Kier alpha value is -2.89. The first-order valence-corrected chi connectivity index (χ1v) is 8.25. The fourth-order valence-electron chi connectivity index (χ4n) is 3.18. The number of carbonyl (C=O) groups excluding carboxylic acids is 1. The number of aromatic nitrogens is 3. The fraction of sp³-hybridized carbons (Fsp3) is 0.278. The number of benzene rings is 1. The van der Waals surface area contributed by atoms with Crippen LogP contribution in [0.25, 0.3) is 22.2 Å². The van der Waals surface area contributed by atoms with Crippen molar-refractivity contribution in [1.29, 1.82) is 0 Å². The monoisotopic (exact) mass is 321 g/mol. The minimum atomic E-state index is -0.201. The molecule has 0 bridgehead atoms. The second-order valence-electron chi connectivity index (χ2n) is 6.14. The SMILES string of the molecule is O=C(Nc1nc2ccc(-c3cccnc3)cc2[nH]1)NC1CCCC1. The molecule has 2 amide bonds. The first kappa shape index (κ1) is 14.7. The van der Waals surface area contributed by atoms with Gasteiger partial charge in [-0.15, -0.1) is 0 Å². The van der Waals surface area contributed by atoms with Gasteiger partial charge in [-0.25, -0.2) is 9.78 Å². The number of pyridine rings is 1. The first-order chi connectivity index (χ1) is 11.8. The third-order valence-corrected chi connectivity index (χ3v) is 4.40. The molecular weight excluding hydrogens is 302 g/mol. The van der Waals surface area contributed by atoms with E-state index < -0.39 is 0 Å². The van der Waals surface area contributed by atoms with Crippen LogP contribution in [-0.2, 0) is 0 Å². The van der Waals surface area contributed by atoms with E-state index in [-0.39, 0.29) is 12.1 Å². The first-order valence-electron chi connectivity index (χ1n) is 8.25. The molecule has 1 saturated carbocycles. The van der Waals surface area contributed by atoms with E-state index in [9.17, 15) is 4.79 Å². The van der Waals surface area contributed by atoms with E-state index in [1.54, 1.807) is 6.20 Å². The molecule has 0 radical (unpaired) electrons. The van der Waals surface area contributed by atoms with E-state index in [0.29, 0.717) is 5.95 Å². The molecule has 0 spiro atoms. The zero-order chi connectivity index (χ0) is 16.4. The summed E-state index contributed by atoms with van der Waals surface area (Å²) in [6.45, 7) is 0. The van der Waals surface area contributed by atoms with Gasteiger partial charge in [0.05, 0.1) is 11.0 Å². The molecule has 6 heteroatoms. The second-order valence-corrected chi connectivity index (χ2v) is 6.14. The Balaban J connectivity index is 1.51. The molecule has 24 heavy (non-hydrogen) atoms. The maximum Gasteiger partial charge on any atom is 0.321 e. The second kappa shape index (κ2) is 6.31. The Bertz CT molecular complexity index is 852. The van der Waals surface area contributed by atoms with Crippen molar-refractivity contribution >= 4 is 23.0 Å². The molecule has 0 unspecified atom stereocenters. The van der Waals surface area contributed by atoms with E-state index in [1.807, 2.05) is 36.5 Å². The third-order valence-electron chi connectivity index (χ3n) is 4.40. The van der Waals surface area contributed by atoms with Crippen LogP contribution < -0.4 is 10.6 Å². The molecule has 0 saturated heterocycles. The Morgan fingerprint density at radius 1 is 1.17 bits per heavy atom. The van der Waals surface area contributed by atoms with Gasteiger partial charge < -0.3 is 10.3 Å². The van der Waals surface area contributed by atoms with Gasteiger partial charge in [0.25, 0.3) is 0 Å². The quantitative estimate of drug-likeness (QED) is 0.688. The van der Waals surface area contributed by atoms with E-state index in [2.05, 4.69) is 25.6 Å². The maximum absolute atomic E-state index is 12.0. The molecule has 1 fully saturated rings. The van der Waals surface area contributed by atoms with Gasteiger partial charge in [0.1, 0.15) is 0 Å². The number of rotatable bonds is 3. The van der Waals surface area contributed by atoms with Gasteiger partial charge in [0.2, 0.25) is 5.95 Å². The standard InChI is InChI=1S/C18H19N5O/c24-18(20-14-5-1-2-6-14)23-17-21-15-8-7-12(10-16(15)22-17)13-4-3-9-19-11-13/h3-4,7-11,14H,1-2,5-6H2,(H3,20,21,22,23,24). The van der Waals surface area contributed by atoms with Crippen LogP contribution in [0.1, 0.15) is 25.7 Å². The minimum Gasteiger partial charge on any atom is -0.335 e. The van der Waals surface area contributed by atoms with Crippen LogP contribution in [0, 0.1) is 0 Å². The molecule has 0 atom stereocenters. The molecule has 0 aliphatic heterocycles. The van der Waals surface area contributed by atoms with Crippen LogP contribution in [0.4, 0.5) is 10.7 Å². The molecule has 1 aliphatic carbocycles. The summed E-state index contributed by atoms with van der Waals surface area (Å²) >= 11 is 0. The highest BCUT2D eigenvalue weighted by Crippen LogP contribution is 2.23. The van der Waals surface area contributed by atoms with E-state index in [1.165, 1.54) is 12.8 Å². The molecule has 2 aromatic heterocycles. The fourth-order valence-corrected chi connectivity index (χ4v) is 3.18. The summed E-state index contributed by atoms with van der Waals surface area (Å²) in [6.07, 6.45) is 8.07. The van der Waals surface area contributed by atoms with Crippen LogP contribution in [0.3, 0.4) is 0 Å². The maximum atomic E-state index is 12.0. The van der Waals surface area contributed by atoms with Crippen LogP contribution in [0.2, 0.25) is 0 Å². The van der Waals surface area contributed by atoms with Crippen molar-refractivity contribution < 1.29 is 4.79 Å². The van der Waals surface area contributed by atoms with Crippen LogP contribution in [-0.4, -0.2) is 27.0 Å². The van der Waals surface area contributed by atoms with Gasteiger partial charge in [-0.1, -0.05) is 25.0 Å². The molecule has 3 N–H and O–H groups in total. The lowest BCUT2D eigenvalue weighted by molar-refractivity contribution is 0.248. The molecule has 2 heterocycles. The van der Waals surface area contributed by atoms with Crippen LogP contribution in [0.15, 0.2) is 42.7 Å². The van der Waals surface area contributed by atoms with Crippen molar-refractivity contribution in [3.8, 4) is 11.1 Å². The third kappa shape index (κ3) is 3.08. The number of anilines is 1. The molecular formula is C18H19N5O. The Morgan fingerprint density at radius 3 is 2.83 bits per heavy atom. The number of urea groups is 1. The smallest absolute Gasteiger partial charge is 0.321 e. The van der Waals surface area contributed by atoms with Gasteiger partial charge in [-0.05, 0) is 36.6 Å². The number of imidazole rings is 1. The van der Waals surface area contributed by atoms with Crippen molar-refractivity contribution in [2.75, 3.05) is 5.32 Å². The molecule has 4 rings (SSSR count). The van der Waals surface area contributed by atoms with E-state index >= 15 is 0 Å². The number of carbonyl (C=O) groups is 1. The summed E-state index contributed by atoms with van der Waals surface area (Å²) in [5, 5.41) is 5.78. The summed E-state index contributed by atoms with van der Waals surface area (Å²) in [5.74, 6) is 0.462. The number of hydrogen-bond donors (Lipinski definition) is 3. The highest BCUT2D eigenvalue weighted by molar-refractivity contribution is 5.90. The average molecular weight is 321 g/mol. The van der Waals surface area contributed by atoms with Gasteiger partial charge >= 0.3 is 6.03 Å². The zero-order valence-corrected chi connectivity index (χ0v) is 13.2. The predicted octanol–water partition coefficient (Wildman–Crippen LogP) is 3.69. The summed E-state index contributed by atoms with van der Waals surface area (Å²) < 4.78 is 0. The number of H-pyrrole nitrogens is 1. The predicted molar refractivity (Wildman–Crippen MR) is 93.7 cm³/mol. The molecule has 3 aromatic rings. The van der Waals surface area contributed by atoms with Gasteiger partial charge in [-0.3, -0.25) is 10.3 Å². The Labute approximate surface area is 139 Å². The number of fused-ring (bicyclic) bond motifs is 1. The zero-order valence-electron chi connectivity index (χ0n) is 13.2. The Kier molecular flexibility index (Phi) is 3.86. The van der Waals surface area contributed by atoms with Crippen molar-refractivity contribution in [2.24, 2.45) is 0 Å². The van der Waals surface area contributed by atoms with Gasteiger partial charge in [0.15, 0.2) is 0 Å². The van der Waals surface area contributed by atoms with Crippen LogP contribution >= 0.6 is 0 Å². The number of nitrogens with one attached hydrogen (secondary N) is 3. The summed E-state index contributed by atoms with van der Waals surface area (Å²) in [5.41, 5.74) is 3.80. The normalized spacial score (nSPS) is 14.8. The number of nitrogens with zero attached hydrogens (tertiary/aromatic N) is 2. The lowest BCUT2D eigenvalue weighted by Gasteiger charge is -2.11. The molecule has 1 aliphatic rings. The highest BCUT2D eigenvalue weighted by atomic mass is 16.2. The van der Waals surface area contributed by atoms with Crippen molar-refractivity contribution in [1.82, 2.24) is 20.3 Å². The van der Waals surface area contributed by atoms with E-state index in [4.69, 9.17) is 0 Å². The minimum absolute atomic E-state index is 0.201. The average Bonchev–Trinajstić information content (AvgIpc) is 3.23. The van der Waals surface area contributed by atoms with Crippen LogP contribution in [0.5, 0.6) is 0 Å². The number of hydrogen-bond acceptors (Lipinski definition) is 3. The summed E-state index contributed by atoms with van der Waals surface area (Å²) in [4.78, 5) is 23.8. The van der Waals surface area contributed by atoms with Gasteiger partial charge in [0, 0.05) is 24.0 Å². The van der Waals surface area contributed by atoms with E-state index in [0.717, 1.165) is 35.0 Å². The number of aromatic amines is 1. The van der Waals surface area contributed by atoms with Crippen molar-refractivity contribution in [2.45, 2.75) is 31.7 Å². The molecule has 6 nitrogen and oxygen atoms in total. The summed E-state index contributed by atoms with van der Waals surface area (Å²) in [7, 11) is 0. The Morgan fingerprint density at radius 2 is 2.04 bits per heavy atom. The number of amides is 2. The highest BCUT2D eigenvalue weighted by Gasteiger charge is 2.17. The van der Waals surface area contributed by atoms with Crippen molar-refractivity contribution in [3.05, 3.63) is 42.7 Å². The molecule has 1 aromatic carbocycles. The molecule has 122 valence electrons. The van der Waals surface area contributed by atoms with Gasteiger partial charge in [-0.2, -0.15) is 0 Å². The topological polar surface area (TPSA) is 82.7 Å². The largest absolute Gasteiger partial charge is 0.335 e. The lowest BCUT2D eigenvalue weighted by atomic mass is 10.1. The lowest BCUT2D eigenvalue weighted by Crippen LogP contribution is -2.36.